The molecule has 0 aliphatic carbocycles. The molecule has 0 atom stereocenters. The maximum absolute atomic E-state index is 5.93. The molecule has 0 saturated heterocycles. The SMILES string of the molecule is CCc1cnccc1Oc1ccc(C(C)(C)C)cc1. The summed E-state index contributed by atoms with van der Waals surface area (Å²) in [5.41, 5.74) is 2.61. The Morgan fingerprint density at radius 3 is 2.32 bits per heavy atom. The van der Waals surface area contributed by atoms with Gasteiger partial charge in [-0.3, -0.25) is 4.98 Å². The van der Waals surface area contributed by atoms with Gasteiger partial charge in [0.05, 0.1) is 0 Å². The van der Waals surface area contributed by atoms with E-state index < -0.39 is 0 Å². The highest BCUT2D eigenvalue weighted by Gasteiger charge is 2.13. The van der Waals surface area contributed by atoms with Crippen LogP contribution in [0.1, 0.15) is 38.8 Å². The van der Waals surface area contributed by atoms with Crippen LogP contribution in [0.5, 0.6) is 11.5 Å². The van der Waals surface area contributed by atoms with Gasteiger partial charge in [-0.15, -0.1) is 0 Å². The first-order chi connectivity index (χ1) is 9.00. The van der Waals surface area contributed by atoms with Crippen molar-refractivity contribution in [2.24, 2.45) is 0 Å². The third kappa shape index (κ3) is 3.34. The molecule has 0 N–H and O–H groups in total. The summed E-state index contributed by atoms with van der Waals surface area (Å²) >= 11 is 0. The van der Waals surface area contributed by atoms with Crippen LogP contribution in [-0.2, 0) is 11.8 Å². The molecule has 2 heteroatoms. The Balaban J connectivity index is 2.20. The van der Waals surface area contributed by atoms with E-state index in [0.29, 0.717) is 0 Å². The molecule has 0 amide bonds. The number of rotatable bonds is 3. The number of nitrogens with zero attached hydrogens (tertiary/aromatic N) is 1. The van der Waals surface area contributed by atoms with Gasteiger partial charge >= 0.3 is 0 Å². The van der Waals surface area contributed by atoms with Gasteiger partial charge in [0.1, 0.15) is 11.5 Å². The summed E-state index contributed by atoms with van der Waals surface area (Å²) < 4.78 is 5.93. The molecule has 1 aromatic heterocycles. The van der Waals surface area contributed by atoms with Crippen molar-refractivity contribution in [1.29, 1.82) is 0 Å². The van der Waals surface area contributed by atoms with Gasteiger partial charge in [0.25, 0.3) is 0 Å². The quantitative estimate of drug-likeness (QED) is 0.790. The monoisotopic (exact) mass is 255 g/mol. The molecule has 0 unspecified atom stereocenters. The van der Waals surface area contributed by atoms with Crippen LogP contribution in [-0.4, -0.2) is 4.98 Å². The van der Waals surface area contributed by atoms with E-state index in [2.05, 4.69) is 44.8 Å². The lowest BCUT2D eigenvalue weighted by Gasteiger charge is -2.19. The molecule has 0 bridgehead atoms. The summed E-state index contributed by atoms with van der Waals surface area (Å²) in [5, 5.41) is 0. The number of hydrogen-bond acceptors (Lipinski definition) is 2. The molecule has 19 heavy (non-hydrogen) atoms. The van der Waals surface area contributed by atoms with Crippen molar-refractivity contribution in [3.8, 4) is 11.5 Å². The average Bonchev–Trinajstić information content (AvgIpc) is 2.39. The van der Waals surface area contributed by atoms with E-state index in [-0.39, 0.29) is 5.41 Å². The predicted octanol–water partition coefficient (Wildman–Crippen LogP) is 4.73. The fourth-order valence-corrected chi connectivity index (χ4v) is 1.93. The minimum Gasteiger partial charge on any atom is -0.457 e. The van der Waals surface area contributed by atoms with Crippen LogP contribution in [0.3, 0.4) is 0 Å². The molecule has 0 radical (unpaired) electrons. The van der Waals surface area contributed by atoms with Crippen molar-refractivity contribution in [1.82, 2.24) is 4.98 Å². The average molecular weight is 255 g/mol. The molecule has 0 saturated carbocycles. The minimum absolute atomic E-state index is 0.170. The molecule has 2 aromatic rings. The zero-order valence-electron chi connectivity index (χ0n) is 12.1. The largest absolute Gasteiger partial charge is 0.457 e. The number of aromatic nitrogens is 1. The van der Waals surface area contributed by atoms with Crippen molar-refractivity contribution in [3.05, 3.63) is 53.9 Å². The minimum atomic E-state index is 0.170. The highest BCUT2D eigenvalue weighted by molar-refractivity contribution is 5.37. The summed E-state index contributed by atoms with van der Waals surface area (Å²) in [4.78, 5) is 4.12. The molecule has 0 spiro atoms. The van der Waals surface area contributed by atoms with E-state index in [9.17, 15) is 0 Å². The first-order valence-electron chi connectivity index (χ1n) is 6.72. The Morgan fingerprint density at radius 2 is 1.74 bits per heavy atom. The first-order valence-corrected chi connectivity index (χ1v) is 6.72. The van der Waals surface area contributed by atoms with Gasteiger partial charge in [-0.2, -0.15) is 0 Å². The Morgan fingerprint density at radius 1 is 1.05 bits per heavy atom. The van der Waals surface area contributed by atoms with Gasteiger partial charge in [-0.05, 0) is 35.6 Å². The summed E-state index contributed by atoms with van der Waals surface area (Å²) in [6.45, 7) is 8.73. The van der Waals surface area contributed by atoms with Gasteiger partial charge in [0.2, 0.25) is 0 Å². The van der Waals surface area contributed by atoms with Crippen LogP contribution in [0.4, 0.5) is 0 Å². The highest BCUT2D eigenvalue weighted by Crippen LogP contribution is 2.28. The maximum atomic E-state index is 5.93. The Bertz CT molecular complexity index is 538. The molecular formula is C17H21NO. The number of aryl methyl sites for hydroxylation is 1. The van der Waals surface area contributed by atoms with Crippen molar-refractivity contribution < 1.29 is 4.74 Å². The third-order valence-electron chi connectivity index (χ3n) is 3.19. The first kappa shape index (κ1) is 13.6. The Labute approximate surface area is 115 Å². The second-order valence-electron chi connectivity index (χ2n) is 5.71. The zero-order chi connectivity index (χ0) is 13.9. The maximum Gasteiger partial charge on any atom is 0.133 e. The van der Waals surface area contributed by atoms with Crippen LogP contribution < -0.4 is 4.74 Å². The molecule has 0 aliphatic rings. The van der Waals surface area contributed by atoms with Crippen LogP contribution in [0.25, 0.3) is 0 Å². The van der Waals surface area contributed by atoms with E-state index in [0.717, 1.165) is 23.5 Å². The van der Waals surface area contributed by atoms with Crippen LogP contribution in [0.15, 0.2) is 42.7 Å². The fraction of sp³-hybridized carbons (Fsp3) is 0.353. The smallest absolute Gasteiger partial charge is 0.133 e. The van der Waals surface area contributed by atoms with Crippen molar-refractivity contribution in [3.63, 3.8) is 0 Å². The summed E-state index contributed by atoms with van der Waals surface area (Å²) in [5.74, 6) is 1.76. The van der Waals surface area contributed by atoms with E-state index in [1.807, 2.05) is 24.4 Å². The van der Waals surface area contributed by atoms with Crippen LogP contribution >= 0.6 is 0 Å². The van der Waals surface area contributed by atoms with E-state index in [1.165, 1.54) is 5.56 Å². The van der Waals surface area contributed by atoms with Gasteiger partial charge in [-0.25, -0.2) is 0 Å². The van der Waals surface area contributed by atoms with E-state index in [4.69, 9.17) is 4.74 Å². The van der Waals surface area contributed by atoms with Gasteiger partial charge in [0.15, 0.2) is 0 Å². The second-order valence-corrected chi connectivity index (χ2v) is 5.71. The fourth-order valence-electron chi connectivity index (χ4n) is 1.93. The number of pyridine rings is 1. The molecule has 2 rings (SSSR count). The van der Waals surface area contributed by atoms with Crippen molar-refractivity contribution in [2.75, 3.05) is 0 Å². The van der Waals surface area contributed by atoms with Gasteiger partial charge in [-0.1, -0.05) is 39.8 Å². The van der Waals surface area contributed by atoms with E-state index in [1.54, 1.807) is 6.20 Å². The lowest BCUT2D eigenvalue weighted by molar-refractivity contribution is 0.475. The highest BCUT2D eigenvalue weighted by atomic mass is 16.5. The lowest BCUT2D eigenvalue weighted by Crippen LogP contribution is -2.10. The summed E-state index contributed by atoms with van der Waals surface area (Å²) in [6, 6.07) is 10.2. The number of benzene rings is 1. The summed E-state index contributed by atoms with van der Waals surface area (Å²) in [6.07, 6.45) is 4.54. The van der Waals surface area contributed by atoms with E-state index >= 15 is 0 Å². The predicted molar refractivity (Wildman–Crippen MR) is 78.8 cm³/mol. The molecule has 0 aliphatic heterocycles. The van der Waals surface area contributed by atoms with Crippen LogP contribution in [0.2, 0.25) is 0 Å². The second kappa shape index (κ2) is 5.43. The normalized spacial score (nSPS) is 11.4. The molecule has 100 valence electrons. The van der Waals surface area contributed by atoms with Crippen molar-refractivity contribution in [2.45, 2.75) is 39.5 Å². The lowest BCUT2D eigenvalue weighted by atomic mass is 9.87. The van der Waals surface area contributed by atoms with Crippen molar-refractivity contribution >= 4 is 0 Å². The van der Waals surface area contributed by atoms with Crippen LogP contribution in [0, 0.1) is 0 Å². The third-order valence-corrected chi connectivity index (χ3v) is 3.19. The molecule has 2 nitrogen and oxygen atoms in total. The van der Waals surface area contributed by atoms with Gasteiger partial charge in [0, 0.05) is 18.0 Å². The number of hydrogen-bond donors (Lipinski definition) is 0. The molecular weight excluding hydrogens is 234 g/mol. The number of ether oxygens (including phenoxy) is 1. The topological polar surface area (TPSA) is 22.1 Å². The van der Waals surface area contributed by atoms with Gasteiger partial charge < -0.3 is 4.74 Å². The Kier molecular flexibility index (Phi) is 3.89. The summed E-state index contributed by atoms with van der Waals surface area (Å²) in [7, 11) is 0. The molecule has 1 aromatic carbocycles. The molecule has 1 heterocycles. The Hall–Kier alpha value is -1.83. The molecule has 0 fully saturated rings. The standard InChI is InChI=1S/C17H21NO/c1-5-13-12-18-11-10-16(13)19-15-8-6-14(7-9-15)17(2,3)4/h6-12H,5H2,1-4H3. The zero-order valence-corrected chi connectivity index (χ0v) is 12.1.